The second-order valence-corrected chi connectivity index (χ2v) is 6.48. The van der Waals surface area contributed by atoms with E-state index >= 15 is 0 Å². The molecular weight excluding hydrogens is 286 g/mol. The van der Waals surface area contributed by atoms with E-state index in [0.29, 0.717) is 11.1 Å². The van der Waals surface area contributed by atoms with Crippen molar-refractivity contribution in [3.63, 3.8) is 0 Å². The standard InChI is InChI=1S/C19H27N3O/c1-15(23)16-9-10-17(14-20)19(13-16)21-11-6-12-22(2)18-7-4-3-5-8-18/h9-10,13,18,21H,3-8,11-12H2,1-2H3. The molecule has 1 aromatic rings. The van der Waals surface area contributed by atoms with Crippen LogP contribution in [-0.4, -0.2) is 36.9 Å². The maximum Gasteiger partial charge on any atom is 0.159 e. The van der Waals surface area contributed by atoms with Crippen LogP contribution in [0.2, 0.25) is 0 Å². The lowest BCUT2D eigenvalue weighted by Crippen LogP contribution is -2.34. The number of nitrogens with one attached hydrogen (secondary N) is 1. The first-order valence-electron chi connectivity index (χ1n) is 8.61. The molecule has 4 heteroatoms. The zero-order chi connectivity index (χ0) is 16.7. The fourth-order valence-corrected chi connectivity index (χ4v) is 3.26. The Balaban J connectivity index is 1.82. The van der Waals surface area contributed by atoms with E-state index in [4.69, 9.17) is 0 Å². The van der Waals surface area contributed by atoms with Crippen LogP contribution in [0.25, 0.3) is 0 Å². The highest BCUT2D eigenvalue weighted by Crippen LogP contribution is 2.22. The van der Waals surface area contributed by atoms with Gasteiger partial charge in [0, 0.05) is 18.2 Å². The van der Waals surface area contributed by atoms with E-state index in [1.165, 1.54) is 32.1 Å². The Bertz CT molecular complexity index is 570. The van der Waals surface area contributed by atoms with E-state index in [1.54, 1.807) is 25.1 Å². The molecule has 1 aliphatic carbocycles. The molecule has 0 aromatic heterocycles. The highest BCUT2D eigenvalue weighted by Gasteiger charge is 2.17. The summed E-state index contributed by atoms with van der Waals surface area (Å²) in [5, 5.41) is 12.5. The Morgan fingerprint density at radius 3 is 2.74 bits per heavy atom. The highest BCUT2D eigenvalue weighted by molar-refractivity contribution is 5.95. The summed E-state index contributed by atoms with van der Waals surface area (Å²) in [6, 6.07) is 8.12. The van der Waals surface area contributed by atoms with Gasteiger partial charge in [-0.2, -0.15) is 5.26 Å². The number of carbonyl (C=O) groups excluding carboxylic acids is 1. The first-order chi connectivity index (χ1) is 11.1. The summed E-state index contributed by atoms with van der Waals surface area (Å²) in [5.41, 5.74) is 2.00. The van der Waals surface area contributed by atoms with Crippen LogP contribution >= 0.6 is 0 Å². The van der Waals surface area contributed by atoms with Gasteiger partial charge in [-0.1, -0.05) is 19.3 Å². The molecule has 1 aliphatic rings. The zero-order valence-electron chi connectivity index (χ0n) is 14.3. The normalized spacial score (nSPS) is 15.4. The first-order valence-corrected chi connectivity index (χ1v) is 8.61. The molecule has 0 bridgehead atoms. The molecule has 0 atom stereocenters. The molecular formula is C19H27N3O. The number of hydrogen-bond donors (Lipinski definition) is 1. The van der Waals surface area contributed by atoms with E-state index in [2.05, 4.69) is 23.3 Å². The van der Waals surface area contributed by atoms with Gasteiger partial charge in [0.2, 0.25) is 0 Å². The van der Waals surface area contributed by atoms with Crippen molar-refractivity contribution in [2.24, 2.45) is 0 Å². The maximum absolute atomic E-state index is 11.5. The third-order valence-corrected chi connectivity index (χ3v) is 4.75. The average molecular weight is 313 g/mol. The minimum atomic E-state index is 0.0228. The van der Waals surface area contributed by atoms with E-state index in [1.807, 2.05) is 0 Å². The molecule has 0 spiro atoms. The van der Waals surface area contributed by atoms with Crippen molar-refractivity contribution in [3.8, 4) is 6.07 Å². The van der Waals surface area contributed by atoms with Gasteiger partial charge >= 0.3 is 0 Å². The van der Waals surface area contributed by atoms with Crippen LogP contribution in [0, 0.1) is 11.3 Å². The van der Waals surface area contributed by atoms with Gasteiger partial charge in [0.05, 0.1) is 11.3 Å². The Morgan fingerprint density at radius 2 is 2.09 bits per heavy atom. The predicted octanol–water partition coefficient (Wildman–Crippen LogP) is 3.83. The summed E-state index contributed by atoms with van der Waals surface area (Å²) < 4.78 is 0. The number of ketones is 1. The Labute approximate surface area is 139 Å². The fourth-order valence-electron chi connectivity index (χ4n) is 3.26. The molecule has 0 saturated heterocycles. The van der Waals surface area contributed by atoms with Crippen molar-refractivity contribution < 1.29 is 4.79 Å². The van der Waals surface area contributed by atoms with Crippen LogP contribution in [0.15, 0.2) is 18.2 Å². The SMILES string of the molecule is CC(=O)c1ccc(C#N)c(NCCCN(C)C2CCCCC2)c1. The maximum atomic E-state index is 11.5. The van der Waals surface area contributed by atoms with E-state index in [9.17, 15) is 10.1 Å². The first kappa shape index (κ1) is 17.5. The molecule has 2 rings (SSSR count). The third-order valence-electron chi connectivity index (χ3n) is 4.75. The largest absolute Gasteiger partial charge is 0.384 e. The number of hydrogen-bond acceptors (Lipinski definition) is 4. The molecule has 1 saturated carbocycles. The summed E-state index contributed by atoms with van der Waals surface area (Å²) in [5.74, 6) is 0.0228. The smallest absolute Gasteiger partial charge is 0.159 e. The average Bonchev–Trinajstić information content (AvgIpc) is 2.59. The topological polar surface area (TPSA) is 56.1 Å². The number of carbonyl (C=O) groups is 1. The van der Waals surface area contributed by atoms with Gasteiger partial charge in [0.25, 0.3) is 0 Å². The highest BCUT2D eigenvalue weighted by atomic mass is 16.1. The molecule has 0 unspecified atom stereocenters. The van der Waals surface area contributed by atoms with Crippen LogP contribution in [-0.2, 0) is 0 Å². The van der Waals surface area contributed by atoms with Crippen molar-refractivity contribution in [1.82, 2.24) is 4.90 Å². The number of nitriles is 1. The molecule has 1 fully saturated rings. The van der Waals surface area contributed by atoms with Crippen molar-refractivity contribution in [2.75, 3.05) is 25.5 Å². The van der Waals surface area contributed by atoms with Crippen molar-refractivity contribution in [3.05, 3.63) is 29.3 Å². The van der Waals surface area contributed by atoms with Gasteiger partial charge < -0.3 is 10.2 Å². The van der Waals surface area contributed by atoms with E-state index in [-0.39, 0.29) is 5.78 Å². The minimum absolute atomic E-state index is 0.0228. The number of nitrogens with zero attached hydrogens (tertiary/aromatic N) is 2. The van der Waals surface area contributed by atoms with Crippen LogP contribution < -0.4 is 5.32 Å². The minimum Gasteiger partial charge on any atom is -0.384 e. The summed E-state index contributed by atoms with van der Waals surface area (Å²) in [4.78, 5) is 13.9. The molecule has 0 heterocycles. The number of anilines is 1. The second kappa shape index (κ2) is 8.69. The monoisotopic (exact) mass is 313 g/mol. The van der Waals surface area contributed by atoms with Crippen molar-refractivity contribution in [2.45, 2.75) is 51.5 Å². The van der Waals surface area contributed by atoms with Crippen LogP contribution in [0.5, 0.6) is 0 Å². The lowest BCUT2D eigenvalue weighted by molar-refractivity contribution is 0.101. The molecule has 0 radical (unpaired) electrons. The Morgan fingerprint density at radius 1 is 1.35 bits per heavy atom. The summed E-state index contributed by atoms with van der Waals surface area (Å²) in [6.07, 6.45) is 7.77. The van der Waals surface area contributed by atoms with Crippen LogP contribution in [0.3, 0.4) is 0 Å². The molecule has 0 aliphatic heterocycles. The Kier molecular flexibility index (Phi) is 6.61. The fraction of sp³-hybridized carbons (Fsp3) is 0.579. The van der Waals surface area contributed by atoms with Crippen LogP contribution in [0.4, 0.5) is 5.69 Å². The van der Waals surface area contributed by atoms with E-state index < -0.39 is 0 Å². The Hall–Kier alpha value is -1.86. The van der Waals surface area contributed by atoms with E-state index in [0.717, 1.165) is 31.2 Å². The lowest BCUT2D eigenvalue weighted by Gasteiger charge is -2.31. The molecule has 1 N–H and O–H groups in total. The van der Waals surface area contributed by atoms with Crippen molar-refractivity contribution in [1.29, 1.82) is 5.26 Å². The van der Waals surface area contributed by atoms with Gasteiger partial charge in [0.1, 0.15) is 6.07 Å². The molecule has 124 valence electrons. The van der Waals surface area contributed by atoms with Gasteiger partial charge in [-0.25, -0.2) is 0 Å². The van der Waals surface area contributed by atoms with Crippen LogP contribution in [0.1, 0.15) is 61.4 Å². The number of benzene rings is 1. The van der Waals surface area contributed by atoms with Gasteiger partial charge in [0.15, 0.2) is 5.78 Å². The van der Waals surface area contributed by atoms with Crippen molar-refractivity contribution >= 4 is 11.5 Å². The number of rotatable bonds is 7. The molecule has 4 nitrogen and oxygen atoms in total. The predicted molar refractivity (Wildman–Crippen MR) is 93.8 cm³/mol. The number of Topliss-reactive ketones (excluding diaryl/α,β-unsaturated/α-hetero) is 1. The zero-order valence-corrected chi connectivity index (χ0v) is 14.3. The summed E-state index contributed by atoms with van der Waals surface area (Å²) in [6.45, 7) is 3.42. The second-order valence-electron chi connectivity index (χ2n) is 6.48. The van der Waals surface area contributed by atoms with Gasteiger partial charge in [-0.3, -0.25) is 4.79 Å². The van der Waals surface area contributed by atoms with Gasteiger partial charge in [-0.15, -0.1) is 0 Å². The summed E-state index contributed by atoms with van der Waals surface area (Å²) in [7, 11) is 2.22. The molecule has 1 aromatic carbocycles. The molecule has 0 amide bonds. The lowest BCUT2D eigenvalue weighted by atomic mass is 9.94. The van der Waals surface area contributed by atoms with Gasteiger partial charge in [-0.05, 0) is 58.0 Å². The molecule has 23 heavy (non-hydrogen) atoms. The quantitative estimate of drug-likeness (QED) is 0.614. The third kappa shape index (κ3) is 5.07. The summed E-state index contributed by atoms with van der Waals surface area (Å²) >= 11 is 0.